The number of nitrogens with two attached hydrogens (primary N) is 1. The molecule has 0 atom stereocenters. The molecule has 84 valence electrons. The number of pyridine rings is 1. The minimum atomic E-state index is -4.93. The van der Waals surface area contributed by atoms with Crippen molar-refractivity contribution in [1.29, 1.82) is 0 Å². The van der Waals surface area contributed by atoms with Crippen LogP contribution in [-0.2, 0) is 6.18 Å². The Morgan fingerprint density at radius 2 is 1.87 bits per heavy atom. The third-order valence-corrected chi connectivity index (χ3v) is 2.45. The average Bonchev–Trinajstić information content (AvgIpc) is 2.06. The van der Waals surface area contributed by atoms with E-state index in [2.05, 4.69) is 4.98 Å². The minimum Gasteiger partial charge on any atom is -0.397 e. The number of hydrogen-bond donors (Lipinski definition) is 1. The maximum Gasteiger partial charge on any atom is 0.420 e. The molecule has 0 aromatic carbocycles. The van der Waals surface area contributed by atoms with Gasteiger partial charge in [0, 0.05) is 6.20 Å². The van der Waals surface area contributed by atoms with Crippen LogP contribution in [0.25, 0.3) is 0 Å². The Hall–Kier alpha value is -0.670. The van der Waals surface area contributed by atoms with E-state index in [-0.39, 0.29) is 3.57 Å². The van der Waals surface area contributed by atoms with E-state index in [0.29, 0.717) is 0 Å². The van der Waals surface area contributed by atoms with Gasteiger partial charge in [-0.15, -0.1) is 0 Å². The second-order valence-corrected chi connectivity index (χ2v) is 3.74. The van der Waals surface area contributed by atoms with Crippen LogP contribution in [-0.4, -0.2) is 4.98 Å². The van der Waals surface area contributed by atoms with Gasteiger partial charge in [-0.3, -0.25) is 4.98 Å². The number of hydrogen-bond acceptors (Lipinski definition) is 2. The summed E-state index contributed by atoms with van der Waals surface area (Å²) in [4.78, 5) is 3.05. The fourth-order valence-corrected chi connectivity index (χ4v) is 1.39. The molecule has 0 fully saturated rings. The topological polar surface area (TPSA) is 38.9 Å². The van der Waals surface area contributed by atoms with Crippen LogP contribution in [0, 0.1) is 3.57 Å². The van der Waals surface area contributed by atoms with Crippen molar-refractivity contribution in [3.8, 4) is 0 Å². The Morgan fingerprint density at radius 3 is 2.27 bits per heavy atom. The largest absolute Gasteiger partial charge is 0.420 e. The minimum absolute atomic E-state index is 0.00988. The normalized spacial score (nSPS) is 12.2. The Morgan fingerprint density at radius 1 is 1.33 bits per heavy atom. The molecule has 2 N–H and O–H groups in total. The third kappa shape index (κ3) is 2.47. The second kappa shape index (κ2) is 4.06. The van der Waals surface area contributed by atoms with Crippen molar-refractivity contribution in [1.82, 2.24) is 4.98 Å². The van der Waals surface area contributed by atoms with Crippen molar-refractivity contribution in [3.63, 3.8) is 0 Å². The van der Waals surface area contributed by atoms with E-state index in [4.69, 9.17) is 5.73 Å². The van der Waals surface area contributed by atoms with E-state index in [0.717, 1.165) is 6.20 Å². The number of aromatic nitrogens is 1. The summed E-state index contributed by atoms with van der Waals surface area (Å²) in [7, 11) is 0. The van der Waals surface area contributed by atoms with Gasteiger partial charge in [0.25, 0.3) is 6.43 Å². The predicted molar refractivity (Wildman–Crippen MR) is 51.3 cm³/mol. The van der Waals surface area contributed by atoms with E-state index in [1.807, 2.05) is 0 Å². The molecule has 1 aromatic heterocycles. The second-order valence-electron chi connectivity index (χ2n) is 2.58. The lowest BCUT2D eigenvalue weighted by Crippen LogP contribution is -2.15. The summed E-state index contributed by atoms with van der Waals surface area (Å²) in [5.74, 6) is 0. The molecule has 1 aromatic rings. The molecule has 0 spiro atoms. The molecule has 15 heavy (non-hydrogen) atoms. The SMILES string of the molecule is Nc1c(I)cnc(C(F)F)c1C(F)(F)F. The summed E-state index contributed by atoms with van der Waals surface area (Å²) < 4.78 is 61.7. The summed E-state index contributed by atoms with van der Waals surface area (Å²) in [6, 6.07) is 0. The molecule has 0 aliphatic rings. The van der Waals surface area contributed by atoms with Gasteiger partial charge in [0.2, 0.25) is 0 Å². The van der Waals surface area contributed by atoms with Crippen LogP contribution in [0.3, 0.4) is 0 Å². The van der Waals surface area contributed by atoms with Gasteiger partial charge in [0.15, 0.2) is 0 Å². The average molecular weight is 338 g/mol. The highest BCUT2D eigenvalue weighted by Gasteiger charge is 2.39. The maximum absolute atomic E-state index is 12.4. The fourth-order valence-electron chi connectivity index (χ4n) is 0.981. The summed E-state index contributed by atoms with van der Waals surface area (Å²) in [6.07, 6.45) is -7.35. The van der Waals surface area contributed by atoms with E-state index < -0.39 is 29.5 Å². The van der Waals surface area contributed by atoms with Crippen LogP contribution in [0.2, 0.25) is 0 Å². The molecular formula is C7H4F5IN2. The highest BCUT2D eigenvalue weighted by Crippen LogP contribution is 2.40. The van der Waals surface area contributed by atoms with E-state index >= 15 is 0 Å². The van der Waals surface area contributed by atoms with Gasteiger partial charge in [-0.1, -0.05) is 0 Å². The zero-order valence-corrected chi connectivity index (χ0v) is 9.10. The molecule has 0 bridgehead atoms. The summed E-state index contributed by atoms with van der Waals surface area (Å²) in [6.45, 7) is 0. The highest BCUT2D eigenvalue weighted by molar-refractivity contribution is 14.1. The first-order valence-corrected chi connectivity index (χ1v) is 4.62. The molecule has 0 aliphatic heterocycles. The summed E-state index contributed by atoms with van der Waals surface area (Å²) in [5.41, 5.74) is 1.51. The molecule has 2 nitrogen and oxygen atoms in total. The Bertz CT molecular complexity index is 376. The van der Waals surface area contributed by atoms with Crippen molar-refractivity contribution in [2.45, 2.75) is 12.6 Å². The Labute approximate surface area is 94.8 Å². The number of nitrogen functional groups attached to an aromatic ring is 1. The molecule has 0 aliphatic carbocycles. The van der Waals surface area contributed by atoms with Crippen molar-refractivity contribution in [2.24, 2.45) is 0 Å². The van der Waals surface area contributed by atoms with Crippen LogP contribution in [0.4, 0.5) is 27.6 Å². The molecule has 0 saturated carbocycles. The lowest BCUT2D eigenvalue weighted by atomic mass is 10.1. The first kappa shape index (κ1) is 12.4. The lowest BCUT2D eigenvalue weighted by molar-refractivity contribution is -0.139. The molecule has 0 amide bonds. The number of halogens is 6. The molecule has 0 saturated heterocycles. The number of rotatable bonds is 1. The van der Waals surface area contributed by atoms with Crippen molar-refractivity contribution in [2.75, 3.05) is 5.73 Å². The van der Waals surface area contributed by atoms with Crippen LogP contribution in [0.5, 0.6) is 0 Å². The zero-order valence-electron chi connectivity index (χ0n) is 6.95. The first-order valence-electron chi connectivity index (χ1n) is 3.54. The number of nitrogens with zero attached hydrogens (tertiary/aromatic N) is 1. The lowest BCUT2D eigenvalue weighted by Gasteiger charge is -2.14. The van der Waals surface area contributed by atoms with Gasteiger partial charge in [-0.05, 0) is 22.6 Å². The fraction of sp³-hybridized carbons (Fsp3) is 0.286. The molecule has 8 heteroatoms. The smallest absolute Gasteiger partial charge is 0.397 e. The van der Waals surface area contributed by atoms with Crippen LogP contribution < -0.4 is 5.73 Å². The van der Waals surface area contributed by atoms with Gasteiger partial charge >= 0.3 is 6.18 Å². The Balaban J connectivity index is 3.49. The van der Waals surface area contributed by atoms with Gasteiger partial charge in [-0.25, -0.2) is 8.78 Å². The molecule has 1 rings (SSSR count). The molecular weight excluding hydrogens is 334 g/mol. The Kier molecular flexibility index (Phi) is 3.36. The van der Waals surface area contributed by atoms with Gasteiger partial charge in [0.05, 0.1) is 9.26 Å². The zero-order chi connectivity index (χ0) is 11.8. The van der Waals surface area contributed by atoms with Crippen molar-refractivity contribution in [3.05, 3.63) is 21.0 Å². The van der Waals surface area contributed by atoms with Crippen molar-refractivity contribution < 1.29 is 22.0 Å². The molecule has 0 radical (unpaired) electrons. The summed E-state index contributed by atoms with van der Waals surface area (Å²) in [5, 5.41) is 0. The summed E-state index contributed by atoms with van der Waals surface area (Å²) >= 11 is 1.50. The third-order valence-electron chi connectivity index (χ3n) is 1.59. The van der Waals surface area contributed by atoms with Crippen LogP contribution in [0.1, 0.15) is 17.7 Å². The van der Waals surface area contributed by atoms with E-state index in [1.165, 1.54) is 22.6 Å². The molecule has 0 unspecified atom stereocenters. The maximum atomic E-state index is 12.4. The number of alkyl halides is 5. The number of anilines is 1. The predicted octanol–water partition coefficient (Wildman–Crippen LogP) is 3.22. The molecule has 1 heterocycles. The first-order chi connectivity index (χ1) is 6.75. The standard InChI is InChI=1S/C7H4F5IN2/c8-6(9)5-3(7(10,11)12)4(14)2(13)1-15-5/h1,6H,(H2,14,15). The van der Waals surface area contributed by atoms with E-state index in [1.54, 1.807) is 0 Å². The van der Waals surface area contributed by atoms with Crippen LogP contribution >= 0.6 is 22.6 Å². The monoisotopic (exact) mass is 338 g/mol. The van der Waals surface area contributed by atoms with Gasteiger partial charge < -0.3 is 5.73 Å². The van der Waals surface area contributed by atoms with Crippen molar-refractivity contribution >= 4 is 28.3 Å². The van der Waals surface area contributed by atoms with Gasteiger partial charge in [0.1, 0.15) is 11.3 Å². The quantitative estimate of drug-likeness (QED) is 0.631. The van der Waals surface area contributed by atoms with Crippen LogP contribution in [0.15, 0.2) is 6.20 Å². The van der Waals surface area contributed by atoms with Gasteiger partial charge in [-0.2, -0.15) is 13.2 Å². The highest BCUT2D eigenvalue weighted by atomic mass is 127. The van der Waals surface area contributed by atoms with E-state index in [9.17, 15) is 22.0 Å².